The second kappa shape index (κ2) is 6.51. The Kier molecular flexibility index (Phi) is 4.44. The third kappa shape index (κ3) is 3.43. The Morgan fingerprint density at radius 1 is 1.39 bits per heavy atom. The van der Waals surface area contributed by atoms with Crippen molar-refractivity contribution in [2.75, 3.05) is 0 Å². The molecule has 2 heterocycles. The maximum absolute atomic E-state index is 12.1. The molecule has 0 aliphatic carbocycles. The molecule has 0 bridgehead atoms. The van der Waals surface area contributed by atoms with Crippen LogP contribution in [0, 0.1) is 0 Å². The summed E-state index contributed by atoms with van der Waals surface area (Å²) in [5, 5.41) is 19.5. The van der Waals surface area contributed by atoms with Crippen molar-refractivity contribution >= 4 is 33.2 Å². The smallest absolute Gasteiger partial charge is 0.342 e. The Bertz CT molecular complexity index is 832. The van der Waals surface area contributed by atoms with Gasteiger partial charge in [-0.15, -0.1) is 21.5 Å². The van der Waals surface area contributed by atoms with Gasteiger partial charge in [-0.1, -0.05) is 22.0 Å². The van der Waals surface area contributed by atoms with Crippen molar-refractivity contribution in [1.29, 1.82) is 0 Å². The van der Waals surface area contributed by atoms with Crippen LogP contribution < -0.4 is 0 Å². The van der Waals surface area contributed by atoms with Crippen LogP contribution in [0.5, 0.6) is 5.75 Å². The molecule has 0 spiro atoms. The average Bonchev–Trinajstić information content (AvgIpc) is 3.19. The number of hydrogen-bond donors (Lipinski definition) is 1. The Labute approximate surface area is 143 Å². The Morgan fingerprint density at radius 2 is 2.22 bits per heavy atom. The van der Waals surface area contributed by atoms with Crippen LogP contribution in [0.3, 0.4) is 0 Å². The summed E-state index contributed by atoms with van der Waals surface area (Å²) in [6.07, 6.45) is -0.734. The molecule has 0 saturated carbocycles. The van der Waals surface area contributed by atoms with E-state index in [0.29, 0.717) is 10.4 Å². The SMILES string of the molecule is CC(OC(=O)c1cc(Br)ccc1O)c1nnc(-c2cccs2)o1. The maximum atomic E-state index is 12.1. The highest BCUT2D eigenvalue weighted by Crippen LogP contribution is 2.28. The molecule has 0 aliphatic rings. The minimum absolute atomic E-state index is 0.0595. The highest BCUT2D eigenvalue weighted by Gasteiger charge is 2.22. The molecule has 118 valence electrons. The van der Waals surface area contributed by atoms with E-state index in [9.17, 15) is 9.90 Å². The first-order valence-electron chi connectivity index (χ1n) is 6.61. The molecule has 0 radical (unpaired) electrons. The van der Waals surface area contributed by atoms with Gasteiger partial charge >= 0.3 is 5.97 Å². The number of halogens is 1. The number of nitrogens with zero attached hydrogens (tertiary/aromatic N) is 2. The molecule has 1 unspecified atom stereocenters. The molecule has 0 amide bonds. The number of carbonyl (C=O) groups is 1. The van der Waals surface area contributed by atoms with Crippen molar-refractivity contribution in [1.82, 2.24) is 10.2 Å². The number of phenols is 1. The second-order valence-corrected chi connectivity index (χ2v) is 6.50. The zero-order valence-corrected chi connectivity index (χ0v) is 14.3. The number of aromatic hydroxyl groups is 1. The molecule has 1 aromatic carbocycles. The number of thiophene rings is 1. The molecule has 1 atom stereocenters. The summed E-state index contributed by atoms with van der Waals surface area (Å²) < 4.78 is 11.5. The third-order valence-electron chi connectivity index (χ3n) is 2.98. The van der Waals surface area contributed by atoms with Crippen molar-refractivity contribution in [3.05, 3.63) is 51.6 Å². The van der Waals surface area contributed by atoms with Crippen LogP contribution in [-0.4, -0.2) is 21.3 Å². The van der Waals surface area contributed by atoms with Crippen molar-refractivity contribution in [2.24, 2.45) is 0 Å². The Morgan fingerprint density at radius 3 is 2.96 bits per heavy atom. The maximum Gasteiger partial charge on any atom is 0.342 e. The number of aromatic nitrogens is 2. The summed E-state index contributed by atoms with van der Waals surface area (Å²) in [4.78, 5) is 13.0. The highest BCUT2D eigenvalue weighted by atomic mass is 79.9. The summed E-state index contributed by atoms with van der Waals surface area (Å²) in [5.74, 6) is -0.262. The van der Waals surface area contributed by atoms with Gasteiger partial charge in [-0.25, -0.2) is 4.79 Å². The van der Waals surface area contributed by atoms with Crippen LogP contribution in [0.15, 0.2) is 44.6 Å². The number of rotatable bonds is 4. The minimum atomic E-state index is -0.734. The number of esters is 1. The van der Waals surface area contributed by atoms with E-state index in [4.69, 9.17) is 9.15 Å². The van der Waals surface area contributed by atoms with Crippen LogP contribution in [-0.2, 0) is 4.74 Å². The Balaban J connectivity index is 1.75. The quantitative estimate of drug-likeness (QED) is 0.667. The van der Waals surface area contributed by atoms with E-state index >= 15 is 0 Å². The van der Waals surface area contributed by atoms with Gasteiger partial charge in [0.15, 0.2) is 6.10 Å². The van der Waals surface area contributed by atoms with Gasteiger partial charge in [-0.05, 0) is 36.6 Å². The van der Waals surface area contributed by atoms with Gasteiger partial charge in [0.2, 0.25) is 0 Å². The summed E-state index contributed by atoms with van der Waals surface area (Å²) in [6.45, 7) is 1.62. The molecule has 3 aromatic rings. The van der Waals surface area contributed by atoms with Crippen LogP contribution in [0.2, 0.25) is 0 Å². The van der Waals surface area contributed by atoms with Crippen LogP contribution in [0.4, 0.5) is 0 Å². The molecule has 0 aliphatic heterocycles. The number of carbonyl (C=O) groups excluding carboxylic acids is 1. The topological polar surface area (TPSA) is 85.5 Å². The lowest BCUT2D eigenvalue weighted by molar-refractivity contribution is 0.0276. The van der Waals surface area contributed by atoms with Crippen molar-refractivity contribution in [2.45, 2.75) is 13.0 Å². The van der Waals surface area contributed by atoms with Gasteiger partial charge in [0.25, 0.3) is 11.8 Å². The van der Waals surface area contributed by atoms with Crippen molar-refractivity contribution in [3.8, 4) is 16.5 Å². The molecular weight excluding hydrogens is 384 g/mol. The lowest BCUT2D eigenvalue weighted by atomic mass is 10.2. The van der Waals surface area contributed by atoms with Crippen LogP contribution >= 0.6 is 27.3 Å². The number of benzene rings is 1. The molecule has 2 aromatic heterocycles. The number of ether oxygens (including phenoxy) is 1. The standard InChI is InChI=1S/C15H11BrN2O4S/c1-8(13-17-18-14(22-13)12-3-2-6-23-12)21-15(20)10-7-9(16)4-5-11(10)19/h2-8,19H,1H3. The van der Waals surface area contributed by atoms with E-state index in [-0.39, 0.29) is 17.2 Å². The molecular formula is C15H11BrN2O4S. The fraction of sp³-hybridized carbons (Fsp3) is 0.133. The van der Waals surface area contributed by atoms with E-state index < -0.39 is 12.1 Å². The molecule has 8 heteroatoms. The van der Waals surface area contributed by atoms with Gasteiger partial charge in [0, 0.05) is 4.47 Å². The number of phenolic OH excluding ortho intramolecular Hbond substituents is 1. The lowest BCUT2D eigenvalue weighted by Crippen LogP contribution is -2.10. The van der Waals surface area contributed by atoms with Gasteiger partial charge < -0.3 is 14.3 Å². The molecule has 3 rings (SSSR count). The fourth-order valence-electron chi connectivity index (χ4n) is 1.84. The van der Waals surface area contributed by atoms with Crippen molar-refractivity contribution < 1.29 is 19.1 Å². The zero-order valence-electron chi connectivity index (χ0n) is 11.9. The molecule has 23 heavy (non-hydrogen) atoms. The van der Waals surface area contributed by atoms with Gasteiger partial charge in [-0.2, -0.15) is 0 Å². The summed E-state index contributed by atoms with van der Waals surface area (Å²) in [7, 11) is 0. The van der Waals surface area contributed by atoms with E-state index in [2.05, 4.69) is 26.1 Å². The fourth-order valence-corrected chi connectivity index (χ4v) is 2.85. The van der Waals surface area contributed by atoms with E-state index in [1.807, 2.05) is 17.5 Å². The number of hydrogen-bond acceptors (Lipinski definition) is 7. The highest BCUT2D eigenvalue weighted by molar-refractivity contribution is 9.10. The van der Waals surface area contributed by atoms with Gasteiger partial charge in [-0.3, -0.25) is 0 Å². The minimum Gasteiger partial charge on any atom is -0.507 e. The van der Waals surface area contributed by atoms with E-state index in [1.54, 1.807) is 13.0 Å². The summed E-state index contributed by atoms with van der Waals surface area (Å²) >= 11 is 4.72. The van der Waals surface area contributed by atoms with Crippen LogP contribution in [0.25, 0.3) is 10.8 Å². The van der Waals surface area contributed by atoms with E-state index in [0.717, 1.165) is 4.88 Å². The second-order valence-electron chi connectivity index (χ2n) is 4.63. The van der Waals surface area contributed by atoms with Gasteiger partial charge in [0.05, 0.1) is 4.88 Å². The first-order valence-corrected chi connectivity index (χ1v) is 8.28. The summed E-state index contributed by atoms with van der Waals surface area (Å²) in [5.41, 5.74) is 0.0595. The average molecular weight is 395 g/mol. The van der Waals surface area contributed by atoms with E-state index in [1.165, 1.54) is 23.5 Å². The molecule has 6 nitrogen and oxygen atoms in total. The Hall–Kier alpha value is -2.19. The largest absolute Gasteiger partial charge is 0.507 e. The predicted octanol–water partition coefficient (Wildman–Crippen LogP) is 4.18. The third-order valence-corrected chi connectivity index (χ3v) is 4.33. The molecule has 0 fully saturated rings. The monoisotopic (exact) mass is 394 g/mol. The normalized spacial score (nSPS) is 12.1. The zero-order chi connectivity index (χ0) is 16.4. The lowest BCUT2D eigenvalue weighted by Gasteiger charge is -2.10. The van der Waals surface area contributed by atoms with Gasteiger partial charge in [0.1, 0.15) is 11.3 Å². The molecule has 0 saturated heterocycles. The first kappa shape index (κ1) is 15.7. The predicted molar refractivity (Wildman–Crippen MR) is 87.2 cm³/mol. The molecule has 1 N–H and O–H groups in total. The summed E-state index contributed by atoms with van der Waals surface area (Å²) in [6, 6.07) is 8.25. The first-order chi connectivity index (χ1) is 11.0. The van der Waals surface area contributed by atoms with Crippen molar-refractivity contribution in [3.63, 3.8) is 0 Å². The van der Waals surface area contributed by atoms with Crippen LogP contribution in [0.1, 0.15) is 29.3 Å².